The molecule has 1 fully saturated rings. The van der Waals surface area contributed by atoms with Gasteiger partial charge in [-0.25, -0.2) is 0 Å². The molecule has 3 atom stereocenters. The Morgan fingerprint density at radius 2 is 0.921 bits per heavy atom. The number of hydrogen-bond donors (Lipinski definition) is 0. The molecule has 1 heterocycles. The molecule has 3 unspecified atom stereocenters. The predicted molar refractivity (Wildman–Crippen MR) is 159 cm³/mol. The topological polar surface area (TPSA) is 26.3 Å². The molecule has 0 saturated carbocycles. The molecular formula is C35H31O2P. The first-order valence-electron chi connectivity index (χ1n) is 13.2. The SMILES string of the molecule is CC1C(C(=O)c2ccccc2)C(c2ccccc2)OP1(c1ccccc1)(c1ccccc1)c1ccccc1. The molecule has 188 valence electrons. The van der Waals surface area contributed by atoms with E-state index in [1.807, 2.05) is 48.5 Å². The van der Waals surface area contributed by atoms with Crippen molar-refractivity contribution in [3.05, 3.63) is 163 Å². The molecule has 2 nitrogen and oxygen atoms in total. The van der Waals surface area contributed by atoms with Gasteiger partial charge < -0.3 is 0 Å². The second kappa shape index (κ2) is 9.80. The van der Waals surface area contributed by atoms with Crippen molar-refractivity contribution in [2.45, 2.75) is 18.7 Å². The number of carbonyl (C=O) groups excluding carboxylic acids is 1. The van der Waals surface area contributed by atoms with Gasteiger partial charge in [0.05, 0.1) is 0 Å². The number of Topliss-reactive ketones (excluding diaryl/α,β-unsaturated/α-hetero) is 1. The fraction of sp³-hybridized carbons (Fsp3) is 0.114. The Morgan fingerprint density at radius 3 is 1.34 bits per heavy atom. The Hall–Kier alpha value is -3.84. The summed E-state index contributed by atoms with van der Waals surface area (Å²) in [5.41, 5.74) is 1.63. The van der Waals surface area contributed by atoms with Gasteiger partial charge in [0.2, 0.25) is 0 Å². The summed E-state index contributed by atoms with van der Waals surface area (Å²) in [5.74, 6) is -0.251. The van der Waals surface area contributed by atoms with Gasteiger partial charge in [0.25, 0.3) is 0 Å². The minimum atomic E-state index is -3.67. The zero-order valence-corrected chi connectivity index (χ0v) is 22.3. The molecule has 5 aromatic carbocycles. The molecule has 0 amide bonds. The first kappa shape index (κ1) is 24.5. The van der Waals surface area contributed by atoms with Crippen molar-refractivity contribution < 1.29 is 9.32 Å². The van der Waals surface area contributed by atoms with Crippen LogP contribution in [0.1, 0.15) is 28.9 Å². The van der Waals surface area contributed by atoms with Crippen LogP contribution in [0.3, 0.4) is 0 Å². The van der Waals surface area contributed by atoms with E-state index in [9.17, 15) is 4.79 Å². The van der Waals surface area contributed by atoms with E-state index < -0.39 is 12.9 Å². The van der Waals surface area contributed by atoms with Crippen LogP contribution in [-0.4, -0.2) is 11.4 Å². The van der Waals surface area contributed by atoms with E-state index in [4.69, 9.17) is 4.52 Å². The van der Waals surface area contributed by atoms with Crippen molar-refractivity contribution in [3.8, 4) is 0 Å². The van der Waals surface area contributed by atoms with Gasteiger partial charge in [-0.3, -0.25) is 0 Å². The Morgan fingerprint density at radius 1 is 0.553 bits per heavy atom. The maximum absolute atomic E-state index is 14.5. The average Bonchev–Trinajstić information content (AvgIpc) is 3.30. The van der Waals surface area contributed by atoms with E-state index in [1.165, 1.54) is 0 Å². The van der Waals surface area contributed by atoms with Gasteiger partial charge in [-0.1, -0.05) is 0 Å². The van der Waals surface area contributed by atoms with Crippen LogP contribution in [0.15, 0.2) is 152 Å². The molecule has 38 heavy (non-hydrogen) atoms. The molecule has 1 aliphatic heterocycles. The van der Waals surface area contributed by atoms with Crippen LogP contribution in [0.25, 0.3) is 0 Å². The summed E-state index contributed by atoms with van der Waals surface area (Å²) in [5, 5.41) is 3.44. The molecule has 0 radical (unpaired) electrons. The number of rotatable bonds is 6. The van der Waals surface area contributed by atoms with E-state index in [1.54, 1.807) is 0 Å². The second-order valence-corrected chi connectivity index (χ2v) is 14.8. The second-order valence-electron chi connectivity index (χ2n) is 10.0. The molecule has 0 aromatic heterocycles. The van der Waals surface area contributed by atoms with Crippen molar-refractivity contribution >= 4 is 28.5 Å². The van der Waals surface area contributed by atoms with Gasteiger partial charge >= 0.3 is 225 Å². The van der Waals surface area contributed by atoms with Gasteiger partial charge in [0, 0.05) is 0 Å². The van der Waals surface area contributed by atoms with E-state index in [2.05, 4.69) is 110 Å². The summed E-state index contributed by atoms with van der Waals surface area (Å²) in [4.78, 5) is 14.5. The Kier molecular flexibility index (Phi) is 6.32. The third-order valence-corrected chi connectivity index (χ3v) is 14.8. The molecule has 1 aliphatic rings. The van der Waals surface area contributed by atoms with Crippen LogP contribution >= 0.6 is 6.83 Å². The summed E-state index contributed by atoms with van der Waals surface area (Å²) in [6.07, 6.45) is -0.405. The van der Waals surface area contributed by atoms with E-state index >= 15 is 0 Å². The molecule has 1 saturated heterocycles. The van der Waals surface area contributed by atoms with Gasteiger partial charge in [-0.05, 0) is 0 Å². The van der Waals surface area contributed by atoms with E-state index in [0.29, 0.717) is 0 Å². The van der Waals surface area contributed by atoms with Crippen LogP contribution in [0.5, 0.6) is 0 Å². The number of benzene rings is 5. The normalized spacial score (nSPS) is 22.7. The Bertz CT molecular complexity index is 1420. The molecule has 0 aliphatic carbocycles. The minimum absolute atomic E-state index is 0.119. The van der Waals surface area contributed by atoms with Crippen LogP contribution in [0, 0.1) is 5.92 Å². The zero-order valence-electron chi connectivity index (χ0n) is 21.4. The van der Waals surface area contributed by atoms with E-state index in [0.717, 1.165) is 27.0 Å². The predicted octanol–water partition coefficient (Wildman–Crippen LogP) is 7.09. The van der Waals surface area contributed by atoms with Gasteiger partial charge in [0.15, 0.2) is 0 Å². The third-order valence-electron chi connectivity index (χ3n) is 8.25. The zero-order chi connectivity index (χ0) is 26.0. The van der Waals surface area contributed by atoms with Crippen LogP contribution < -0.4 is 15.9 Å². The molecular weight excluding hydrogens is 483 g/mol. The monoisotopic (exact) mass is 514 g/mol. The summed E-state index contributed by atoms with van der Waals surface area (Å²) >= 11 is 0. The third kappa shape index (κ3) is 3.52. The first-order chi connectivity index (χ1) is 18.7. The van der Waals surface area contributed by atoms with Crippen molar-refractivity contribution in [2.24, 2.45) is 5.92 Å². The fourth-order valence-corrected chi connectivity index (χ4v) is 13.3. The quantitative estimate of drug-likeness (QED) is 0.179. The summed E-state index contributed by atoms with van der Waals surface area (Å²) in [7, 11) is 0. The van der Waals surface area contributed by atoms with E-state index in [-0.39, 0.29) is 17.4 Å². The molecule has 0 spiro atoms. The van der Waals surface area contributed by atoms with Crippen molar-refractivity contribution in [3.63, 3.8) is 0 Å². The standard InChI is InChI=1S/C35H31O2P/c1-27-33(34(36)28-17-7-2-8-18-28)35(29-19-9-3-10-20-29)37-38(27,30-21-11-4-12-22-30,31-23-13-5-14-24-31)32-25-15-6-16-26-32/h2-27,33,35H,1H3. The average molecular weight is 515 g/mol. The molecule has 6 rings (SSSR count). The summed E-state index contributed by atoms with van der Waals surface area (Å²) in [6.45, 7) is -1.42. The number of carbonyl (C=O) groups is 1. The van der Waals surface area contributed by atoms with Crippen molar-refractivity contribution in [1.82, 2.24) is 0 Å². The van der Waals surface area contributed by atoms with Crippen LogP contribution in [0.2, 0.25) is 0 Å². The number of ketones is 1. The summed E-state index contributed by atoms with van der Waals surface area (Å²) in [6, 6.07) is 51.9. The molecule has 0 bridgehead atoms. The van der Waals surface area contributed by atoms with Gasteiger partial charge in [0.1, 0.15) is 0 Å². The maximum atomic E-state index is 14.5. The Labute approximate surface area is 225 Å². The van der Waals surface area contributed by atoms with Crippen LogP contribution in [0.4, 0.5) is 0 Å². The van der Waals surface area contributed by atoms with Gasteiger partial charge in [-0.2, -0.15) is 0 Å². The first-order valence-corrected chi connectivity index (χ1v) is 15.4. The molecule has 3 heteroatoms. The Balaban J connectivity index is 1.73. The van der Waals surface area contributed by atoms with Gasteiger partial charge in [-0.15, -0.1) is 0 Å². The number of hydrogen-bond acceptors (Lipinski definition) is 2. The summed E-state index contributed by atoms with van der Waals surface area (Å²) < 4.78 is 7.76. The van der Waals surface area contributed by atoms with Crippen LogP contribution in [-0.2, 0) is 4.52 Å². The van der Waals surface area contributed by atoms with Crippen molar-refractivity contribution in [1.29, 1.82) is 0 Å². The van der Waals surface area contributed by atoms with Crippen molar-refractivity contribution in [2.75, 3.05) is 0 Å². The molecule has 5 aromatic rings. The molecule has 0 N–H and O–H groups in total. The fourth-order valence-electron chi connectivity index (χ4n) is 6.53.